The molecule has 1 aromatic heterocycles. The van der Waals surface area contributed by atoms with Crippen LogP contribution in [0.15, 0.2) is 70.9 Å². The van der Waals surface area contributed by atoms with E-state index in [4.69, 9.17) is 9.47 Å². The van der Waals surface area contributed by atoms with Gasteiger partial charge in [-0.05, 0) is 73.8 Å². The van der Waals surface area contributed by atoms with Crippen LogP contribution in [0.3, 0.4) is 0 Å². The Labute approximate surface area is 219 Å². The lowest BCUT2D eigenvalue weighted by molar-refractivity contribution is -0.137. The van der Waals surface area contributed by atoms with Crippen molar-refractivity contribution in [3.8, 4) is 11.5 Å². The molecule has 1 fully saturated rings. The number of halogens is 3. The molecule has 1 aliphatic rings. The zero-order valence-corrected chi connectivity index (χ0v) is 21.9. The van der Waals surface area contributed by atoms with Gasteiger partial charge in [-0.15, -0.1) is 11.3 Å². The van der Waals surface area contributed by atoms with E-state index in [0.29, 0.717) is 30.8 Å². The molecule has 0 spiro atoms. The van der Waals surface area contributed by atoms with E-state index in [2.05, 4.69) is 9.62 Å². The van der Waals surface area contributed by atoms with E-state index < -0.39 is 21.8 Å². The van der Waals surface area contributed by atoms with Gasteiger partial charge in [0.05, 0.1) is 17.6 Å². The fourth-order valence-corrected chi connectivity index (χ4v) is 6.38. The molecule has 2 aromatic carbocycles. The van der Waals surface area contributed by atoms with Gasteiger partial charge in [0.2, 0.25) is 10.0 Å². The SMILES string of the molecule is COc1cccc(S(=O)(=O)NC2CCN(CCC(Oc3ccc(C(F)(F)F)cc3)c3cccs3)CC2)c1. The first kappa shape index (κ1) is 27.4. The van der Waals surface area contributed by atoms with Crippen LogP contribution in [0.25, 0.3) is 0 Å². The highest BCUT2D eigenvalue weighted by atomic mass is 32.2. The van der Waals surface area contributed by atoms with Crippen LogP contribution in [-0.2, 0) is 16.2 Å². The maximum atomic E-state index is 12.9. The van der Waals surface area contributed by atoms with Gasteiger partial charge in [-0.2, -0.15) is 13.2 Å². The second-order valence-electron chi connectivity index (χ2n) is 8.85. The lowest BCUT2D eigenvalue weighted by atomic mass is 10.1. The van der Waals surface area contributed by atoms with Gasteiger partial charge in [-0.1, -0.05) is 12.1 Å². The van der Waals surface area contributed by atoms with Crippen LogP contribution in [0.4, 0.5) is 13.2 Å². The molecule has 1 aliphatic heterocycles. The van der Waals surface area contributed by atoms with Crippen LogP contribution >= 0.6 is 11.3 Å². The first-order valence-corrected chi connectivity index (χ1v) is 14.3. The van der Waals surface area contributed by atoms with Crippen LogP contribution in [-0.4, -0.2) is 46.1 Å². The van der Waals surface area contributed by atoms with Gasteiger partial charge in [0.1, 0.15) is 17.6 Å². The Morgan fingerprint density at radius 1 is 1.05 bits per heavy atom. The molecule has 1 N–H and O–H groups in total. The predicted octanol–water partition coefficient (Wildman–Crippen LogP) is 5.73. The van der Waals surface area contributed by atoms with E-state index in [9.17, 15) is 21.6 Å². The summed E-state index contributed by atoms with van der Waals surface area (Å²) in [6.45, 7) is 2.17. The van der Waals surface area contributed by atoms with Crippen molar-refractivity contribution in [2.75, 3.05) is 26.7 Å². The van der Waals surface area contributed by atoms with E-state index in [1.54, 1.807) is 29.5 Å². The predicted molar refractivity (Wildman–Crippen MR) is 137 cm³/mol. The molecule has 37 heavy (non-hydrogen) atoms. The second kappa shape index (κ2) is 11.8. The second-order valence-corrected chi connectivity index (χ2v) is 11.5. The molecule has 6 nitrogen and oxygen atoms in total. The van der Waals surface area contributed by atoms with Crippen LogP contribution in [0, 0.1) is 0 Å². The molecule has 11 heteroatoms. The van der Waals surface area contributed by atoms with Gasteiger partial charge in [0.25, 0.3) is 0 Å². The first-order valence-electron chi connectivity index (χ1n) is 11.9. The van der Waals surface area contributed by atoms with Crippen molar-refractivity contribution in [3.05, 3.63) is 76.5 Å². The highest BCUT2D eigenvalue weighted by Crippen LogP contribution is 2.33. The molecule has 2 heterocycles. The highest BCUT2D eigenvalue weighted by Gasteiger charge is 2.30. The van der Waals surface area contributed by atoms with E-state index in [1.807, 2.05) is 17.5 Å². The molecule has 0 bridgehead atoms. The van der Waals surface area contributed by atoms with Crippen LogP contribution in [0.1, 0.15) is 35.8 Å². The number of rotatable bonds is 10. The Hall–Kier alpha value is -2.60. The number of hydrogen-bond acceptors (Lipinski definition) is 6. The number of methoxy groups -OCH3 is 1. The van der Waals surface area contributed by atoms with Crippen LogP contribution in [0.5, 0.6) is 11.5 Å². The van der Waals surface area contributed by atoms with Gasteiger partial charge in [0.15, 0.2) is 0 Å². The molecule has 0 saturated carbocycles. The summed E-state index contributed by atoms with van der Waals surface area (Å²) in [7, 11) is -2.16. The lowest BCUT2D eigenvalue weighted by Crippen LogP contribution is -2.45. The summed E-state index contributed by atoms with van der Waals surface area (Å²) in [5, 5.41) is 1.94. The number of hydrogen-bond donors (Lipinski definition) is 1. The largest absolute Gasteiger partial charge is 0.497 e. The summed E-state index contributed by atoms with van der Waals surface area (Å²) < 4.78 is 78.2. The molecule has 0 amide bonds. The van der Waals surface area contributed by atoms with Crippen molar-refractivity contribution in [2.45, 2.75) is 42.5 Å². The molecule has 0 radical (unpaired) electrons. The van der Waals surface area contributed by atoms with Crippen molar-refractivity contribution < 1.29 is 31.1 Å². The summed E-state index contributed by atoms with van der Waals surface area (Å²) in [4.78, 5) is 3.43. The third-order valence-corrected chi connectivity index (χ3v) is 8.77. The third kappa shape index (κ3) is 7.47. The van der Waals surface area contributed by atoms with E-state index in [0.717, 1.165) is 36.6 Å². The summed E-state index contributed by atoms with van der Waals surface area (Å²) in [6, 6.07) is 14.9. The number of nitrogens with zero attached hydrogens (tertiary/aromatic N) is 1. The zero-order valence-electron chi connectivity index (χ0n) is 20.3. The number of piperidine rings is 1. The Morgan fingerprint density at radius 3 is 2.41 bits per heavy atom. The fraction of sp³-hybridized carbons (Fsp3) is 0.385. The average Bonchev–Trinajstić information content (AvgIpc) is 3.42. The lowest BCUT2D eigenvalue weighted by Gasteiger charge is -2.33. The molecule has 0 aliphatic carbocycles. The summed E-state index contributed by atoms with van der Waals surface area (Å²) >= 11 is 1.54. The smallest absolute Gasteiger partial charge is 0.416 e. The summed E-state index contributed by atoms with van der Waals surface area (Å²) in [6.07, 6.45) is -2.68. The molecule has 1 unspecified atom stereocenters. The molecular formula is C26H29F3N2O4S2. The van der Waals surface area contributed by atoms with Gasteiger partial charge in [-0.25, -0.2) is 13.1 Å². The van der Waals surface area contributed by atoms with Gasteiger partial charge in [0, 0.05) is 30.0 Å². The Morgan fingerprint density at radius 2 is 1.78 bits per heavy atom. The van der Waals surface area contributed by atoms with Crippen molar-refractivity contribution in [2.24, 2.45) is 0 Å². The molecular weight excluding hydrogens is 525 g/mol. The topological polar surface area (TPSA) is 67.9 Å². The standard InChI is InChI=1S/C26H29F3N2O4S2/c1-34-22-4-2-5-23(18-22)37(32,33)30-20-11-14-31(15-12-20)16-13-24(25-6-3-17-36-25)35-21-9-7-19(8-10-21)26(27,28)29/h2-10,17-18,20,24,30H,11-16H2,1H3. The molecule has 1 saturated heterocycles. The van der Waals surface area contributed by atoms with Crippen molar-refractivity contribution in [3.63, 3.8) is 0 Å². The quantitative estimate of drug-likeness (QED) is 0.347. The molecule has 3 aromatic rings. The average molecular weight is 555 g/mol. The van der Waals surface area contributed by atoms with Gasteiger partial charge < -0.3 is 14.4 Å². The number of nitrogens with one attached hydrogen (secondary N) is 1. The third-order valence-electron chi connectivity index (χ3n) is 6.29. The summed E-state index contributed by atoms with van der Waals surface area (Å²) in [5.41, 5.74) is -0.711. The number of thiophene rings is 1. The maximum absolute atomic E-state index is 12.9. The van der Waals surface area contributed by atoms with E-state index in [1.165, 1.54) is 25.3 Å². The van der Waals surface area contributed by atoms with E-state index >= 15 is 0 Å². The maximum Gasteiger partial charge on any atom is 0.416 e. The molecule has 1 atom stereocenters. The minimum Gasteiger partial charge on any atom is -0.497 e. The number of sulfonamides is 1. The number of ether oxygens (including phenoxy) is 2. The first-order chi connectivity index (χ1) is 17.6. The Balaban J connectivity index is 1.31. The highest BCUT2D eigenvalue weighted by molar-refractivity contribution is 7.89. The summed E-state index contributed by atoms with van der Waals surface area (Å²) in [5.74, 6) is 0.869. The van der Waals surface area contributed by atoms with Crippen LogP contribution in [0.2, 0.25) is 0 Å². The van der Waals surface area contributed by atoms with E-state index in [-0.39, 0.29) is 17.0 Å². The number of benzene rings is 2. The van der Waals surface area contributed by atoms with Gasteiger partial charge >= 0.3 is 6.18 Å². The minimum atomic E-state index is -4.39. The fourth-order valence-electron chi connectivity index (χ4n) is 4.25. The Bertz CT molecular complexity index is 1240. The Kier molecular flexibility index (Phi) is 8.79. The monoisotopic (exact) mass is 554 g/mol. The van der Waals surface area contributed by atoms with Crippen molar-refractivity contribution >= 4 is 21.4 Å². The van der Waals surface area contributed by atoms with Crippen molar-refractivity contribution in [1.82, 2.24) is 9.62 Å². The number of alkyl halides is 3. The molecule has 4 rings (SSSR count). The number of likely N-dealkylation sites (tertiary alicyclic amines) is 1. The normalized spacial score (nSPS) is 16.4. The van der Waals surface area contributed by atoms with Crippen LogP contribution < -0.4 is 14.2 Å². The zero-order chi connectivity index (χ0) is 26.5. The van der Waals surface area contributed by atoms with Gasteiger partial charge in [-0.3, -0.25) is 0 Å². The minimum absolute atomic E-state index is 0.163. The van der Waals surface area contributed by atoms with Crippen molar-refractivity contribution in [1.29, 1.82) is 0 Å². The molecule has 200 valence electrons.